The molecule has 0 unspecified atom stereocenters. The van der Waals surface area contributed by atoms with Gasteiger partial charge in [0, 0.05) is 17.8 Å². The Morgan fingerprint density at radius 1 is 1.23 bits per heavy atom. The van der Waals surface area contributed by atoms with Gasteiger partial charge in [-0.1, -0.05) is 20.8 Å². The molecule has 0 fully saturated rings. The molecule has 0 saturated heterocycles. The molecule has 1 heterocycles. The quantitative estimate of drug-likeness (QED) is 0.774. The molecule has 0 saturated carbocycles. The fourth-order valence-corrected chi connectivity index (χ4v) is 1.67. The van der Waals surface area contributed by atoms with Crippen molar-refractivity contribution in [3.05, 3.63) is 11.3 Å². The van der Waals surface area contributed by atoms with Gasteiger partial charge in [-0.15, -0.1) is 5.10 Å². The van der Waals surface area contributed by atoms with Gasteiger partial charge >= 0.3 is 0 Å². The monoisotopic (exact) mass is 182 g/mol. The molecule has 0 aliphatic rings. The fourth-order valence-electron chi connectivity index (χ4n) is 1.67. The molecule has 13 heavy (non-hydrogen) atoms. The van der Waals surface area contributed by atoms with Gasteiger partial charge in [-0.05, 0) is 19.3 Å². The van der Waals surface area contributed by atoms with Crippen LogP contribution in [0.4, 0.5) is 0 Å². The van der Waals surface area contributed by atoms with Crippen molar-refractivity contribution >= 4 is 0 Å². The van der Waals surface area contributed by atoms with Crippen LogP contribution in [0.1, 0.15) is 38.4 Å². The lowest BCUT2D eigenvalue weighted by Crippen LogP contribution is -2.04. The van der Waals surface area contributed by atoms with Crippen molar-refractivity contribution in [3.8, 4) is 5.88 Å². The molecule has 0 aromatic carbocycles. The molecule has 0 atom stereocenters. The predicted molar refractivity (Wildman–Crippen MR) is 52.9 cm³/mol. The van der Waals surface area contributed by atoms with Gasteiger partial charge in [0.2, 0.25) is 5.88 Å². The standard InChI is InChI=1S/C10H18N2O/c1-4-7-12-9(6-3)8(5-2)10(13)11-12/h4-7H2,1-3H3,(H,11,13). The van der Waals surface area contributed by atoms with E-state index in [9.17, 15) is 5.11 Å². The molecular weight excluding hydrogens is 164 g/mol. The summed E-state index contributed by atoms with van der Waals surface area (Å²) in [7, 11) is 0. The van der Waals surface area contributed by atoms with Crippen LogP contribution in [0.3, 0.4) is 0 Å². The summed E-state index contributed by atoms with van der Waals surface area (Å²) in [6.07, 6.45) is 2.85. The molecular formula is C10H18N2O. The Bertz CT molecular complexity index is 279. The zero-order valence-corrected chi connectivity index (χ0v) is 8.67. The van der Waals surface area contributed by atoms with Crippen LogP contribution < -0.4 is 0 Å². The minimum Gasteiger partial charge on any atom is -0.492 e. The molecule has 0 bridgehead atoms. The first-order valence-electron chi connectivity index (χ1n) is 5.02. The third kappa shape index (κ3) is 1.85. The van der Waals surface area contributed by atoms with Gasteiger partial charge in [0.05, 0.1) is 0 Å². The normalized spacial score (nSPS) is 10.7. The Morgan fingerprint density at radius 2 is 1.92 bits per heavy atom. The van der Waals surface area contributed by atoms with Gasteiger partial charge in [-0.3, -0.25) is 4.68 Å². The third-order valence-corrected chi connectivity index (χ3v) is 2.27. The van der Waals surface area contributed by atoms with Crippen LogP contribution in [0.2, 0.25) is 0 Å². The zero-order valence-electron chi connectivity index (χ0n) is 8.67. The highest BCUT2D eigenvalue weighted by Gasteiger charge is 2.12. The van der Waals surface area contributed by atoms with Crippen molar-refractivity contribution in [2.45, 2.75) is 46.6 Å². The molecule has 0 aliphatic heterocycles. The second-order valence-electron chi connectivity index (χ2n) is 3.18. The number of aromatic nitrogens is 2. The highest BCUT2D eigenvalue weighted by Crippen LogP contribution is 2.21. The Labute approximate surface area is 79.4 Å². The van der Waals surface area contributed by atoms with Crippen LogP contribution in [0, 0.1) is 0 Å². The first-order chi connectivity index (χ1) is 6.24. The van der Waals surface area contributed by atoms with Crippen LogP contribution in [0.25, 0.3) is 0 Å². The Morgan fingerprint density at radius 3 is 2.38 bits per heavy atom. The molecule has 1 rings (SSSR count). The average Bonchev–Trinajstić information content (AvgIpc) is 2.41. The molecule has 1 N–H and O–H groups in total. The van der Waals surface area contributed by atoms with Crippen molar-refractivity contribution in [2.24, 2.45) is 0 Å². The Kier molecular flexibility index (Phi) is 3.34. The first kappa shape index (κ1) is 10.1. The van der Waals surface area contributed by atoms with E-state index in [0.717, 1.165) is 31.4 Å². The maximum atomic E-state index is 9.54. The third-order valence-electron chi connectivity index (χ3n) is 2.27. The van der Waals surface area contributed by atoms with E-state index in [1.807, 2.05) is 11.6 Å². The lowest BCUT2D eigenvalue weighted by molar-refractivity contribution is 0.431. The van der Waals surface area contributed by atoms with Gasteiger partial charge in [0.15, 0.2) is 0 Å². The molecule has 1 aromatic heterocycles. The van der Waals surface area contributed by atoms with Crippen molar-refractivity contribution in [1.82, 2.24) is 9.78 Å². The molecule has 0 radical (unpaired) electrons. The SMILES string of the molecule is CCCn1nc(O)c(CC)c1CC. The summed E-state index contributed by atoms with van der Waals surface area (Å²) in [5.41, 5.74) is 2.19. The van der Waals surface area contributed by atoms with Crippen LogP contribution in [-0.4, -0.2) is 14.9 Å². The van der Waals surface area contributed by atoms with Crippen molar-refractivity contribution in [3.63, 3.8) is 0 Å². The first-order valence-corrected chi connectivity index (χ1v) is 5.02. The predicted octanol–water partition coefficient (Wildman–Crippen LogP) is 2.12. The number of rotatable bonds is 4. The maximum Gasteiger partial charge on any atom is 0.233 e. The number of hydrogen-bond donors (Lipinski definition) is 1. The summed E-state index contributed by atoms with van der Waals surface area (Å²) in [6, 6.07) is 0. The van der Waals surface area contributed by atoms with E-state index < -0.39 is 0 Å². The maximum absolute atomic E-state index is 9.54. The lowest BCUT2D eigenvalue weighted by Gasteiger charge is -2.03. The summed E-state index contributed by atoms with van der Waals surface area (Å²) >= 11 is 0. The van der Waals surface area contributed by atoms with E-state index in [-0.39, 0.29) is 5.88 Å². The molecule has 0 amide bonds. The average molecular weight is 182 g/mol. The fraction of sp³-hybridized carbons (Fsp3) is 0.700. The number of aromatic hydroxyl groups is 1. The van der Waals surface area contributed by atoms with Crippen LogP contribution >= 0.6 is 0 Å². The largest absolute Gasteiger partial charge is 0.492 e. The molecule has 0 spiro atoms. The van der Waals surface area contributed by atoms with E-state index in [4.69, 9.17) is 0 Å². The molecule has 0 aliphatic carbocycles. The second kappa shape index (κ2) is 4.30. The minimum absolute atomic E-state index is 0.216. The van der Waals surface area contributed by atoms with Gasteiger partial charge in [-0.25, -0.2) is 0 Å². The van der Waals surface area contributed by atoms with Crippen molar-refractivity contribution in [1.29, 1.82) is 0 Å². The minimum atomic E-state index is 0.216. The summed E-state index contributed by atoms with van der Waals surface area (Å²) in [6.45, 7) is 7.16. The summed E-state index contributed by atoms with van der Waals surface area (Å²) < 4.78 is 1.92. The van der Waals surface area contributed by atoms with E-state index in [0.29, 0.717) is 0 Å². The van der Waals surface area contributed by atoms with E-state index in [1.54, 1.807) is 0 Å². The van der Waals surface area contributed by atoms with Crippen LogP contribution in [0.15, 0.2) is 0 Å². The molecule has 3 nitrogen and oxygen atoms in total. The Balaban J connectivity index is 3.06. The smallest absolute Gasteiger partial charge is 0.233 e. The highest BCUT2D eigenvalue weighted by molar-refractivity contribution is 5.30. The van der Waals surface area contributed by atoms with Gasteiger partial charge in [0.25, 0.3) is 0 Å². The molecule has 3 heteroatoms. The topological polar surface area (TPSA) is 38.0 Å². The number of nitrogens with zero attached hydrogens (tertiary/aromatic N) is 2. The molecule has 74 valence electrons. The van der Waals surface area contributed by atoms with Crippen LogP contribution in [-0.2, 0) is 19.4 Å². The van der Waals surface area contributed by atoms with Gasteiger partial charge in [-0.2, -0.15) is 0 Å². The number of hydrogen-bond acceptors (Lipinski definition) is 2. The van der Waals surface area contributed by atoms with E-state index >= 15 is 0 Å². The lowest BCUT2D eigenvalue weighted by atomic mass is 10.1. The second-order valence-corrected chi connectivity index (χ2v) is 3.18. The Hall–Kier alpha value is -0.990. The summed E-state index contributed by atoms with van der Waals surface area (Å²) in [4.78, 5) is 0. The van der Waals surface area contributed by atoms with E-state index in [1.165, 1.54) is 5.69 Å². The van der Waals surface area contributed by atoms with E-state index in [2.05, 4.69) is 18.9 Å². The highest BCUT2D eigenvalue weighted by atomic mass is 16.3. The summed E-state index contributed by atoms with van der Waals surface area (Å²) in [5, 5.41) is 13.7. The van der Waals surface area contributed by atoms with Crippen LogP contribution in [0.5, 0.6) is 5.88 Å². The van der Waals surface area contributed by atoms with Gasteiger partial charge in [0.1, 0.15) is 0 Å². The zero-order chi connectivity index (χ0) is 9.84. The molecule has 1 aromatic rings. The van der Waals surface area contributed by atoms with Crippen molar-refractivity contribution in [2.75, 3.05) is 0 Å². The number of aryl methyl sites for hydroxylation is 1. The summed E-state index contributed by atoms with van der Waals surface area (Å²) in [5.74, 6) is 0.216. The van der Waals surface area contributed by atoms with Crippen molar-refractivity contribution < 1.29 is 5.11 Å². The van der Waals surface area contributed by atoms with Gasteiger partial charge < -0.3 is 5.11 Å².